The van der Waals surface area contributed by atoms with Crippen molar-refractivity contribution in [1.82, 2.24) is 20.6 Å². The van der Waals surface area contributed by atoms with Crippen LogP contribution in [0.4, 0.5) is 4.39 Å². The zero-order valence-corrected chi connectivity index (χ0v) is 19.0. The van der Waals surface area contributed by atoms with E-state index in [2.05, 4.69) is 20.6 Å². The Kier molecular flexibility index (Phi) is 6.54. The van der Waals surface area contributed by atoms with Crippen molar-refractivity contribution in [3.63, 3.8) is 0 Å². The predicted molar refractivity (Wildman–Crippen MR) is 118 cm³/mol. The molecule has 2 bridgehead atoms. The maximum atomic E-state index is 13.5. The highest BCUT2D eigenvalue weighted by molar-refractivity contribution is 6.30. The third kappa shape index (κ3) is 4.94. The number of nitrogens with one attached hydrogen (secondary N) is 2. The highest BCUT2D eigenvalue weighted by atomic mass is 35.5. The molecule has 176 valence electrons. The van der Waals surface area contributed by atoms with Gasteiger partial charge in [0.25, 0.3) is 5.91 Å². The summed E-state index contributed by atoms with van der Waals surface area (Å²) in [6.07, 6.45) is 4.73. The number of benzene rings is 1. The first-order valence-corrected chi connectivity index (χ1v) is 11.2. The number of fused-ring (bicyclic) bond motifs is 3. The molecule has 1 aromatic heterocycles. The first-order valence-electron chi connectivity index (χ1n) is 10.8. The lowest BCUT2D eigenvalue weighted by Crippen LogP contribution is -2.65. The molecular formula is C23H26ClFN4O4. The van der Waals surface area contributed by atoms with Gasteiger partial charge in [-0.1, -0.05) is 11.6 Å². The van der Waals surface area contributed by atoms with Crippen LogP contribution in [-0.4, -0.2) is 45.1 Å². The zero-order chi connectivity index (χ0) is 23.6. The number of aliphatic hydroxyl groups is 1. The van der Waals surface area contributed by atoms with Crippen LogP contribution >= 0.6 is 11.6 Å². The number of halogens is 2. The average molecular weight is 477 g/mol. The summed E-state index contributed by atoms with van der Waals surface area (Å²) >= 11 is 5.65. The molecule has 3 fully saturated rings. The number of nitrogens with zero attached hydrogens (tertiary/aromatic N) is 2. The van der Waals surface area contributed by atoms with Crippen LogP contribution in [0.25, 0.3) is 0 Å². The third-order valence-electron chi connectivity index (χ3n) is 6.70. The topological polar surface area (TPSA) is 113 Å². The minimum Gasteiger partial charge on any atom is -0.484 e. The normalized spacial score (nSPS) is 26.0. The molecular weight excluding hydrogens is 451 g/mol. The molecule has 5 rings (SSSR count). The van der Waals surface area contributed by atoms with Crippen molar-refractivity contribution in [2.75, 3.05) is 6.61 Å². The second kappa shape index (κ2) is 9.23. The lowest BCUT2D eigenvalue weighted by atomic mass is 9.55. The Labute approximate surface area is 195 Å². The number of hydrogen-bond acceptors (Lipinski definition) is 6. The molecule has 3 aliphatic carbocycles. The van der Waals surface area contributed by atoms with Crippen LogP contribution in [0, 0.1) is 18.2 Å². The zero-order valence-electron chi connectivity index (χ0n) is 18.2. The van der Waals surface area contributed by atoms with E-state index in [1.54, 1.807) is 12.4 Å². The largest absolute Gasteiger partial charge is 0.484 e. The Bertz CT molecular complexity index is 1040. The summed E-state index contributed by atoms with van der Waals surface area (Å²) < 4.78 is 18.9. The minimum atomic E-state index is -0.879. The maximum absolute atomic E-state index is 13.5. The van der Waals surface area contributed by atoms with Crippen LogP contribution in [0.2, 0.25) is 5.02 Å². The molecule has 1 heterocycles. The van der Waals surface area contributed by atoms with Gasteiger partial charge >= 0.3 is 0 Å². The van der Waals surface area contributed by atoms with Gasteiger partial charge in [0.2, 0.25) is 5.91 Å². The predicted octanol–water partition coefficient (Wildman–Crippen LogP) is 2.45. The molecule has 2 aromatic rings. The smallest absolute Gasteiger partial charge is 0.258 e. The third-order valence-corrected chi connectivity index (χ3v) is 7.01. The summed E-state index contributed by atoms with van der Waals surface area (Å²) in [6.45, 7) is 1.79. The number of hydrogen-bond donors (Lipinski definition) is 3. The van der Waals surface area contributed by atoms with Crippen LogP contribution < -0.4 is 15.4 Å². The molecule has 0 saturated heterocycles. The Morgan fingerprint density at radius 2 is 2.00 bits per heavy atom. The summed E-state index contributed by atoms with van der Waals surface area (Å²) in [5, 5.41) is 16.7. The summed E-state index contributed by atoms with van der Waals surface area (Å²) in [4.78, 5) is 33.9. The maximum Gasteiger partial charge on any atom is 0.258 e. The SMILES string of the molecule is Cc1cnc(CNC(=O)C23CCC(NC(=O)COc4ccc(Cl)c(F)c4)(CC2)C[C@@H]3O)cn1. The van der Waals surface area contributed by atoms with Crippen molar-refractivity contribution in [2.45, 2.75) is 57.2 Å². The molecule has 3 N–H and O–H groups in total. The van der Waals surface area contributed by atoms with Gasteiger partial charge in [0.15, 0.2) is 6.61 Å². The molecule has 0 aliphatic heterocycles. The summed E-state index contributed by atoms with van der Waals surface area (Å²) in [7, 11) is 0. The van der Waals surface area contributed by atoms with Gasteiger partial charge in [-0.25, -0.2) is 4.39 Å². The number of ether oxygens (including phenoxy) is 1. The monoisotopic (exact) mass is 476 g/mol. The highest BCUT2D eigenvalue weighted by Crippen LogP contribution is 2.52. The van der Waals surface area contributed by atoms with E-state index in [0.29, 0.717) is 31.4 Å². The standard InChI is InChI=1S/C23H26ClFN4O4/c1-14-10-27-15(11-26-14)12-28-21(32)23-6-4-22(5-7-23,9-19(23)30)29-20(31)13-33-16-2-3-17(24)18(25)8-16/h2-3,8,10-11,19,30H,4-7,9,12-13H2,1H3,(H,28,32)(H,29,31)/t19-,22?,23?/m0/s1. The summed E-state index contributed by atoms with van der Waals surface area (Å²) in [5.41, 5.74) is -0.0197. The quantitative estimate of drug-likeness (QED) is 0.565. The molecule has 1 aromatic carbocycles. The van der Waals surface area contributed by atoms with E-state index in [4.69, 9.17) is 16.3 Å². The van der Waals surface area contributed by atoms with Crippen molar-refractivity contribution in [1.29, 1.82) is 0 Å². The number of rotatable bonds is 7. The van der Waals surface area contributed by atoms with Crippen LogP contribution in [0.15, 0.2) is 30.6 Å². The van der Waals surface area contributed by atoms with E-state index in [1.165, 1.54) is 12.1 Å². The van der Waals surface area contributed by atoms with Crippen LogP contribution in [-0.2, 0) is 16.1 Å². The minimum absolute atomic E-state index is 0.0246. The van der Waals surface area contributed by atoms with E-state index < -0.39 is 22.9 Å². The van der Waals surface area contributed by atoms with Gasteiger partial charge in [-0.2, -0.15) is 0 Å². The molecule has 2 amide bonds. The van der Waals surface area contributed by atoms with E-state index in [0.717, 1.165) is 11.8 Å². The van der Waals surface area contributed by atoms with Crippen LogP contribution in [0.1, 0.15) is 43.5 Å². The molecule has 8 nitrogen and oxygen atoms in total. The number of amides is 2. The van der Waals surface area contributed by atoms with Crippen molar-refractivity contribution in [3.8, 4) is 5.75 Å². The van der Waals surface area contributed by atoms with Gasteiger partial charge in [-0.3, -0.25) is 19.6 Å². The van der Waals surface area contributed by atoms with E-state index in [1.807, 2.05) is 6.92 Å². The number of carbonyl (C=O) groups is 2. The van der Waals surface area contributed by atoms with E-state index in [-0.39, 0.29) is 42.2 Å². The van der Waals surface area contributed by atoms with Crippen molar-refractivity contribution in [3.05, 3.63) is 52.8 Å². The number of aryl methyl sites for hydroxylation is 1. The number of aliphatic hydroxyl groups excluding tert-OH is 1. The van der Waals surface area contributed by atoms with Gasteiger partial charge in [-0.05, 0) is 51.2 Å². The van der Waals surface area contributed by atoms with Gasteiger partial charge in [-0.15, -0.1) is 0 Å². The van der Waals surface area contributed by atoms with Crippen LogP contribution in [0.3, 0.4) is 0 Å². The molecule has 0 spiro atoms. The van der Waals surface area contributed by atoms with E-state index in [9.17, 15) is 19.1 Å². The van der Waals surface area contributed by atoms with Gasteiger partial charge in [0.1, 0.15) is 11.6 Å². The number of aromatic nitrogens is 2. The van der Waals surface area contributed by atoms with Gasteiger partial charge in [0, 0.05) is 17.8 Å². The second-order valence-electron chi connectivity index (χ2n) is 8.90. The lowest BCUT2D eigenvalue weighted by molar-refractivity contribution is -0.156. The van der Waals surface area contributed by atoms with Gasteiger partial charge in [0.05, 0.1) is 40.7 Å². The van der Waals surface area contributed by atoms with Crippen LogP contribution in [0.5, 0.6) is 5.75 Å². The average Bonchev–Trinajstić information content (AvgIpc) is 2.80. The Hall–Kier alpha value is -2.78. The summed E-state index contributed by atoms with van der Waals surface area (Å²) in [6, 6.07) is 3.96. The fourth-order valence-electron chi connectivity index (χ4n) is 4.74. The lowest BCUT2D eigenvalue weighted by Gasteiger charge is -2.55. The van der Waals surface area contributed by atoms with Crippen molar-refractivity contribution < 1.29 is 23.8 Å². The number of carbonyl (C=O) groups excluding carboxylic acids is 2. The Morgan fingerprint density at radius 3 is 2.64 bits per heavy atom. The fraction of sp³-hybridized carbons (Fsp3) is 0.478. The molecule has 3 saturated carbocycles. The molecule has 1 atom stereocenters. The second-order valence-corrected chi connectivity index (χ2v) is 9.31. The Morgan fingerprint density at radius 1 is 1.24 bits per heavy atom. The molecule has 33 heavy (non-hydrogen) atoms. The molecule has 10 heteroatoms. The van der Waals surface area contributed by atoms with Crippen molar-refractivity contribution in [2.24, 2.45) is 5.41 Å². The fourth-order valence-corrected chi connectivity index (χ4v) is 4.85. The van der Waals surface area contributed by atoms with Gasteiger partial charge < -0.3 is 20.5 Å². The first kappa shape index (κ1) is 23.4. The van der Waals surface area contributed by atoms with Crippen molar-refractivity contribution >= 4 is 23.4 Å². The first-order chi connectivity index (χ1) is 15.7. The van der Waals surface area contributed by atoms with E-state index >= 15 is 0 Å². The molecule has 3 aliphatic rings. The Balaban J connectivity index is 1.31. The molecule has 0 unspecified atom stereocenters. The highest BCUT2D eigenvalue weighted by Gasteiger charge is 2.58. The summed E-state index contributed by atoms with van der Waals surface area (Å²) in [5.74, 6) is -0.995. The molecule has 0 radical (unpaired) electrons.